The quantitative estimate of drug-likeness (QED) is 0.672. The summed E-state index contributed by atoms with van der Waals surface area (Å²) >= 11 is 0. The van der Waals surface area contributed by atoms with Gasteiger partial charge in [0.1, 0.15) is 23.2 Å². The standard InChI is InChI=1S/C22H20F3N3O3/c23-13-7-18(24)17(19(25)8-13)10-28-11-27-22(30)16-9-15(5-6-20(16)28)31-14-3-1-12(2-4-14)21(26)29/h5-9,11-12,14H,1-4,10H2,(H2,26,29). The SMILES string of the molecule is NC(=O)C1CCC(Oc2ccc3c(c2)c(=O)ncn3Cc2c(F)cc(F)cc2F)CC1. The van der Waals surface area contributed by atoms with Crippen molar-refractivity contribution in [3.8, 4) is 5.75 Å². The van der Waals surface area contributed by atoms with Crippen LogP contribution in [0.4, 0.5) is 13.2 Å². The Balaban J connectivity index is 1.59. The third-order valence-electron chi connectivity index (χ3n) is 5.64. The fourth-order valence-electron chi connectivity index (χ4n) is 3.94. The molecule has 0 radical (unpaired) electrons. The van der Waals surface area contributed by atoms with Crippen molar-refractivity contribution < 1.29 is 22.7 Å². The second-order valence-electron chi connectivity index (χ2n) is 7.70. The summed E-state index contributed by atoms with van der Waals surface area (Å²) in [5, 5.41) is 0.230. The van der Waals surface area contributed by atoms with Crippen LogP contribution in [0.3, 0.4) is 0 Å². The highest BCUT2D eigenvalue weighted by atomic mass is 19.1. The molecule has 1 saturated carbocycles. The lowest BCUT2D eigenvalue weighted by molar-refractivity contribution is -0.123. The van der Waals surface area contributed by atoms with Gasteiger partial charge in [0, 0.05) is 23.6 Å². The molecule has 3 aromatic rings. The number of amides is 1. The molecule has 1 amide bonds. The van der Waals surface area contributed by atoms with Crippen LogP contribution in [0.25, 0.3) is 10.9 Å². The Morgan fingerprint density at radius 1 is 1.10 bits per heavy atom. The number of carbonyl (C=O) groups excluding carboxylic acids is 1. The van der Waals surface area contributed by atoms with Crippen molar-refractivity contribution in [2.24, 2.45) is 11.7 Å². The summed E-state index contributed by atoms with van der Waals surface area (Å²) in [4.78, 5) is 27.4. The van der Waals surface area contributed by atoms with Gasteiger partial charge in [-0.25, -0.2) is 13.2 Å². The Labute approximate surface area is 175 Å². The Morgan fingerprint density at radius 3 is 2.42 bits per heavy atom. The van der Waals surface area contributed by atoms with Crippen LogP contribution in [0.1, 0.15) is 31.2 Å². The molecule has 2 aromatic carbocycles. The molecule has 0 bridgehead atoms. The van der Waals surface area contributed by atoms with Gasteiger partial charge in [-0.15, -0.1) is 0 Å². The van der Waals surface area contributed by atoms with E-state index in [4.69, 9.17) is 10.5 Å². The second-order valence-corrected chi connectivity index (χ2v) is 7.70. The minimum atomic E-state index is -1.02. The van der Waals surface area contributed by atoms with Gasteiger partial charge in [0.05, 0.1) is 29.9 Å². The number of primary amides is 1. The molecular formula is C22H20F3N3O3. The van der Waals surface area contributed by atoms with Crippen LogP contribution in [0.15, 0.2) is 41.5 Å². The predicted molar refractivity (Wildman–Crippen MR) is 107 cm³/mol. The molecule has 31 heavy (non-hydrogen) atoms. The van der Waals surface area contributed by atoms with Crippen LogP contribution < -0.4 is 16.0 Å². The minimum Gasteiger partial charge on any atom is -0.490 e. The molecule has 0 spiro atoms. The molecule has 0 saturated heterocycles. The first-order chi connectivity index (χ1) is 14.8. The van der Waals surface area contributed by atoms with Crippen molar-refractivity contribution in [2.75, 3.05) is 0 Å². The van der Waals surface area contributed by atoms with Gasteiger partial charge in [0.2, 0.25) is 5.91 Å². The number of hydrogen-bond acceptors (Lipinski definition) is 4. The first-order valence-corrected chi connectivity index (χ1v) is 9.90. The lowest BCUT2D eigenvalue weighted by Crippen LogP contribution is -2.31. The van der Waals surface area contributed by atoms with Gasteiger partial charge in [-0.1, -0.05) is 0 Å². The van der Waals surface area contributed by atoms with Crippen molar-refractivity contribution >= 4 is 16.8 Å². The van der Waals surface area contributed by atoms with E-state index in [0.717, 1.165) is 0 Å². The van der Waals surface area contributed by atoms with E-state index in [9.17, 15) is 22.8 Å². The fourth-order valence-corrected chi connectivity index (χ4v) is 3.94. The van der Waals surface area contributed by atoms with E-state index < -0.39 is 23.0 Å². The lowest BCUT2D eigenvalue weighted by atomic mass is 9.87. The molecule has 9 heteroatoms. The minimum absolute atomic E-state index is 0.102. The number of nitrogens with zero attached hydrogens (tertiary/aromatic N) is 2. The highest BCUT2D eigenvalue weighted by Crippen LogP contribution is 2.28. The molecule has 162 valence electrons. The number of aromatic nitrogens is 2. The molecule has 2 N–H and O–H groups in total. The van der Waals surface area contributed by atoms with Crippen LogP contribution in [-0.4, -0.2) is 21.6 Å². The first-order valence-electron chi connectivity index (χ1n) is 9.90. The zero-order chi connectivity index (χ0) is 22.1. The summed E-state index contributed by atoms with van der Waals surface area (Å²) in [6.07, 6.45) is 3.73. The van der Waals surface area contributed by atoms with E-state index in [1.807, 2.05) is 0 Å². The second kappa shape index (κ2) is 8.41. The van der Waals surface area contributed by atoms with Crippen molar-refractivity contribution in [3.63, 3.8) is 0 Å². The molecule has 1 aromatic heterocycles. The van der Waals surface area contributed by atoms with E-state index in [1.54, 1.807) is 18.2 Å². The van der Waals surface area contributed by atoms with Gasteiger partial charge in [-0.2, -0.15) is 4.98 Å². The predicted octanol–water partition coefficient (Wildman–Crippen LogP) is 3.29. The van der Waals surface area contributed by atoms with E-state index in [2.05, 4.69) is 4.98 Å². The van der Waals surface area contributed by atoms with Gasteiger partial charge in [0.25, 0.3) is 5.56 Å². The summed E-state index contributed by atoms with van der Waals surface area (Å²) in [6, 6.07) is 6.03. The Kier molecular flexibility index (Phi) is 5.67. The Hall–Kier alpha value is -3.36. The molecule has 6 nitrogen and oxygen atoms in total. The summed E-state index contributed by atoms with van der Waals surface area (Å²) in [7, 11) is 0. The number of rotatable bonds is 5. The summed E-state index contributed by atoms with van der Waals surface area (Å²) in [5.74, 6) is -3.02. The van der Waals surface area contributed by atoms with Crippen LogP contribution in [-0.2, 0) is 11.3 Å². The van der Waals surface area contributed by atoms with Gasteiger partial charge >= 0.3 is 0 Å². The molecule has 4 rings (SSSR count). The monoisotopic (exact) mass is 431 g/mol. The molecule has 1 fully saturated rings. The maximum atomic E-state index is 14.1. The van der Waals surface area contributed by atoms with Crippen LogP contribution in [0.2, 0.25) is 0 Å². The number of hydrogen-bond donors (Lipinski definition) is 1. The molecule has 0 aliphatic heterocycles. The zero-order valence-electron chi connectivity index (χ0n) is 16.5. The van der Waals surface area contributed by atoms with Gasteiger partial charge < -0.3 is 15.0 Å². The van der Waals surface area contributed by atoms with E-state index in [-0.39, 0.29) is 35.4 Å². The number of carbonyl (C=O) groups is 1. The molecule has 1 heterocycles. The van der Waals surface area contributed by atoms with Crippen LogP contribution in [0.5, 0.6) is 5.75 Å². The average molecular weight is 431 g/mol. The Morgan fingerprint density at radius 2 is 1.77 bits per heavy atom. The van der Waals surface area contributed by atoms with Crippen LogP contribution in [0, 0.1) is 23.4 Å². The summed E-state index contributed by atoms with van der Waals surface area (Å²) < 4.78 is 48.7. The lowest BCUT2D eigenvalue weighted by Gasteiger charge is -2.27. The number of benzene rings is 2. The fraction of sp³-hybridized carbons (Fsp3) is 0.318. The van der Waals surface area contributed by atoms with Crippen molar-refractivity contribution in [1.82, 2.24) is 9.55 Å². The van der Waals surface area contributed by atoms with E-state index in [0.29, 0.717) is 49.1 Å². The van der Waals surface area contributed by atoms with Gasteiger partial charge in [-0.05, 0) is 43.9 Å². The average Bonchev–Trinajstić information content (AvgIpc) is 2.73. The summed E-state index contributed by atoms with van der Waals surface area (Å²) in [6.45, 7) is -0.265. The number of ether oxygens (including phenoxy) is 1. The Bertz CT molecular complexity index is 1180. The highest BCUT2D eigenvalue weighted by Gasteiger charge is 2.26. The van der Waals surface area contributed by atoms with Gasteiger partial charge in [0.15, 0.2) is 0 Å². The third kappa shape index (κ3) is 4.40. The summed E-state index contributed by atoms with van der Waals surface area (Å²) in [5.41, 5.74) is 4.92. The number of fused-ring (bicyclic) bond motifs is 1. The maximum Gasteiger partial charge on any atom is 0.280 e. The van der Waals surface area contributed by atoms with Gasteiger partial charge in [-0.3, -0.25) is 9.59 Å². The molecule has 1 aliphatic rings. The van der Waals surface area contributed by atoms with Crippen LogP contribution >= 0.6 is 0 Å². The smallest absolute Gasteiger partial charge is 0.280 e. The zero-order valence-corrected chi connectivity index (χ0v) is 16.5. The molecule has 1 aliphatic carbocycles. The number of halogens is 3. The van der Waals surface area contributed by atoms with Crippen molar-refractivity contribution in [1.29, 1.82) is 0 Å². The van der Waals surface area contributed by atoms with Crippen molar-refractivity contribution in [2.45, 2.75) is 38.3 Å². The largest absolute Gasteiger partial charge is 0.490 e. The first kappa shape index (κ1) is 20.9. The molecule has 0 unspecified atom stereocenters. The normalized spacial score (nSPS) is 18.8. The molecule has 0 atom stereocenters. The maximum absolute atomic E-state index is 14.1. The van der Waals surface area contributed by atoms with E-state index in [1.165, 1.54) is 10.9 Å². The highest BCUT2D eigenvalue weighted by molar-refractivity contribution is 5.79. The molecular weight excluding hydrogens is 411 g/mol. The van der Waals surface area contributed by atoms with E-state index >= 15 is 0 Å². The topological polar surface area (TPSA) is 87.2 Å². The number of nitrogens with two attached hydrogens (primary N) is 1. The third-order valence-corrected chi connectivity index (χ3v) is 5.64. The van der Waals surface area contributed by atoms with Crippen molar-refractivity contribution in [3.05, 3.63) is 70.0 Å².